The van der Waals surface area contributed by atoms with Gasteiger partial charge in [-0.25, -0.2) is 0 Å². The number of furan rings is 1. The molecule has 0 unspecified atom stereocenters. The number of anilines is 2. The summed E-state index contributed by atoms with van der Waals surface area (Å²) in [6.07, 6.45) is 2.70. The Hall–Kier alpha value is -4.43. The molecule has 1 aromatic heterocycles. The highest BCUT2D eigenvalue weighted by Gasteiger charge is 2.13. The van der Waals surface area contributed by atoms with E-state index in [-0.39, 0.29) is 22.4 Å². The van der Waals surface area contributed by atoms with Gasteiger partial charge >= 0.3 is 0 Å². The fraction of sp³-hybridized carbons (Fsp3) is 0. The van der Waals surface area contributed by atoms with Crippen molar-refractivity contribution in [3.63, 3.8) is 0 Å². The van der Waals surface area contributed by atoms with Gasteiger partial charge in [-0.05, 0) is 54.1 Å². The molecule has 0 aliphatic carbocycles. The van der Waals surface area contributed by atoms with Gasteiger partial charge in [-0.3, -0.25) is 19.7 Å². The van der Waals surface area contributed by atoms with Crippen molar-refractivity contribution >= 4 is 57.5 Å². The second kappa shape index (κ2) is 9.37. The van der Waals surface area contributed by atoms with E-state index in [9.17, 15) is 19.7 Å². The monoisotopic (exact) mass is 461 g/mol. The maximum atomic E-state index is 12.4. The quantitative estimate of drug-likeness (QED) is 0.211. The van der Waals surface area contributed by atoms with Gasteiger partial charge in [0, 0.05) is 28.9 Å². The largest absolute Gasteiger partial charge is 0.451 e. The molecule has 2 N–H and O–H groups in total. The Kier molecular flexibility index (Phi) is 6.19. The number of nitro groups is 1. The number of carbonyl (C=O) groups excluding carboxylic acids is 2. The minimum atomic E-state index is -0.589. The van der Waals surface area contributed by atoms with E-state index in [0.717, 1.165) is 5.39 Å². The van der Waals surface area contributed by atoms with Crippen LogP contribution in [0, 0.1) is 10.1 Å². The highest BCUT2D eigenvalue weighted by atomic mass is 35.5. The van der Waals surface area contributed by atoms with E-state index in [4.69, 9.17) is 16.0 Å². The van der Waals surface area contributed by atoms with E-state index >= 15 is 0 Å². The topological polar surface area (TPSA) is 114 Å². The van der Waals surface area contributed by atoms with Crippen LogP contribution in [0.2, 0.25) is 5.02 Å². The molecule has 8 nitrogen and oxygen atoms in total. The number of carbonyl (C=O) groups is 2. The third kappa shape index (κ3) is 5.25. The molecule has 4 rings (SSSR count). The number of hydrogen-bond donors (Lipinski definition) is 2. The number of nitro benzene ring substituents is 1. The second-order valence-electron chi connectivity index (χ2n) is 6.97. The Morgan fingerprint density at radius 3 is 2.33 bits per heavy atom. The van der Waals surface area contributed by atoms with Gasteiger partial charge in [0.25, 0.3) is 11.6 Å². The van der Waals surface area contributed by atoms with E-state index in [1.165, 1.54) is 24.3 Å². The Labute approximate surface area is 192 Å². The summed E-state index contributed by atoms with van der Waals surface area (Å²) in [7, 11) is 0. The molecule has 0 bridgehead atoms. The molecule has 0 atom stereocenters. The Balaban J connectivity index is 1.36. The van der Waals surface area contributed by atoms with Gasteiger partial charge in [0.1, 0.15) is 10.6 Å². The van der Waals surface area contributed by atoms with Crippen molar-refractivity contribution in [2.75, 3.05) is 10.6 Å². The lowest BCUT2D eigenvalue weighted by atomic mass is 10.2. The van der Waals surface area contributed by atoms with Gasteiger partial charge < -0.3 is 15.1 Å². The van der Waals surface area contributed by atoms with Crippen LogP contribution in [0.3, 0.4) is 0 Å². The number of fused-ring (bicyclic) bond motifs is 1. The third-order valence-electron chi connectivity index (χ3n) is 4.65. The van der Waals surface area contributed by atoms with Gasteiger partial charge in [-0.2, -0.15) is 0 Å². The Morgan fingerprint density at radius 1 is 0.939 bits per heavy atom. The van der Waals surface area contributed by atoms with Crippen LogP contribution in [0.4, 0.5) is 17.1 Å². The maximum Gasteiger partial charge on any atom is 0.291 e. The van der Waals surface area contributed by atoms with Crippen LogP contribution in [-0.2, 0) is 4.79 Å². The first-order chi connectivity index (χ1) is 15.9. The summed E-state index contributed by atoms with van der Waals surface area (Å²) in [4.78, 5) is 35.0. The minimum absolute atomic E-state index is 0.0223. The molecule has 0 aliphatic rings. The molecule has 0 saturated carbocycles. The maximum absolute atomic E-state index is 12.4. The van der Waals surface area contributed by atoms with Gasteiger partial charge in [0.05, 0.1) is 4.92 Å². The van der Waals surface area contributed by atoms with E-state index in [1.807, 2.05) is 18.2 Å². The molecule has 33 heavy (non-hydrogen) atoms. The van der Waals surface area contributed by atoms with Crippen molar-refractivity contribution in [2.24, 2.45) is 0 Å². The lowest BCUT2D eigenvalue weighted by Gasteiger charge is -2.06. The zero-order chi connectivity index (χ0) is 23.4. The average molecular weight is 462 g/mol. The smallest absolute Gasteiger partial charge is 0.291 e. The highest BCUT2D eigenvalue weighted by Crippen LogP contribution is 2.25. The molecule has 2 amide bonds. The molecule has 3 aromatic carbocycles. The van der Waals surface area contributed by atoms with E-state index < -0.39 is 10.8 Å². The summed E-state index contributed by atoms with van der Waals surface area (Å²) < 4.78 is 5.55. The molecule has 164 valence electrons. The van der Waals surface area contributed by atoms with E-state index in [1.54, 1.807) is 42.5 Å². The van der Waals surface area contributed by atoms with Gasteiger partial charge in [-0.15, -0.1) is 0 Å². The summed E-state index contributed by atoms with van der Waals surface area (Å²) in [6, 6.07) is 19.8. The van der Waals surface area contributed by atoms with Crippen molar-refractivity contribution in [1.82, 2.24) is 0 Å². The van der Waals surface area contributed by atoms with Crippen LogP contribution in [0.1, 0.15) is 16.1 Å². The number of rotatable bonds is 6. The molecule has 0 saturated heterocycles. The highest BCUT2D eigenvalue weighted by molar-refractivity contribution is 6.32. The lowest BCUT2D eigenvalue weighted by Crippen LogP contribution is -2.11. The summed E-state index contributed by atoms with van der Waals surface area (Å²) in [5.74, 6) is -0.615. The summed E-state index contributed by atoms with van der Waals surface area (Å²) in [6.45, 7) is 0. The zero-order valence-electron chi connectivity index (χ0n) is 16.9. The molecular weight excluding hydrogens is 446 g/mol. The molecule has 0 aliphatic heterocycles. The van der Waals surface area contributed by atoms with Crippen LogP contribution >= 0.6 is 11.6 Å². The normalized spacial score (nSPS) is 10.9. The number of hydrogen-bond acceptors (Lipinski definition) is 5. The zero-order valence-corrected chi connectivity index (χ0v) is 17.7. The molecule has 0 radical (unpaired) electrons. The van der Waals surface area contributed by atoms with Gasteiger partial charge in [0.15, 0.2) is 5.76 Å². The van der Waals surface area contributed by atoms with Crippen molar-refractivity contribution in [3.8, 4) is 0 Å². The minimum Gasteiger partial charge on any atom is -0.451 e. The summed E-state index contributed by atoms with van der Waals surface area (Å²) >= 11 is 5.78. The number of amides is 2. The van der Waals surface area contributed by atoms with Crippen LogP contribution in [0.5, 0.6) is 0 Å². The standard InChI is InChI=1S/C24H16ClN3O5/c25-19-11-5-15(13-20(19)28(31)32)6-12-23(29)26-17-7-9-18(10-8-17)27-24(30)22-14-16-3-1-2-4-21(16)33-22/h1-14H,(H,26,29)(H,27,30)/b12-6+. The van der Waals surface area contributed by atoms with Crippen LogP contribution in [0.25, 0.3) is 17.0 Å². The number of nitrogens with zero attached hydrogens (tertiary/aromatic N) is 1. The second-order valence-corrected chi connectivity index (χ2v) is 7.38. The predicted molar refractivity (Wildman–Crippen MR) is 126 cm³/mol. The predicted octanol–water partition coefficient (Wildman–Crippen LogP) is 5.90. The van der Waals surface area contributed by atoms with Crippen LogP contribution in [-0.4, -0.2) is 16.7 Å². The van der Waals surface area contributed by atoms with Crippen molar-refractivity contribution in [1.29, 1.82) is 0 Å². The van der Waals surface area contributed by atoms with Crippen LogP contribution < -0.4 is 10.6 Å². The first-order valence-electron chi connectivity index (χ1n) is 9.72. The van der Waals surface area contributed by atoms with Crippen LogP contribution in [0.15, 0.2) is 83.3 Å². The SMILES string of the molecule is O=C(/C=C/c1ccc(Cl)c([N+](=O)[O-])c1)Nc1ccc(NC(=O)c2cc3ccccc3o2)cc1. The average Bonchev–Trinajstić information content (AvgIpc) is 3.24. The number of halogens is 1. The lowest BCUT2D eigenvalue weighted by molar-refractivity contribution is -0.384. The van der Waals surface area contributed by atoms with Gasteiger partial charge in [0.2, 0.25) is 5.91 Å². The summed E-state index contributed by atoms with van der Waals surface area (Å²) in [5, 5.41) is 17.2. The fourth-order valence-electron chi connectivity index (χ4n) is 3.05. The van der Waals surface area contributed by atoms with Crippen molar-refractivity contribution in [2.45, 2.75) is 0 Å². The van der Waals surface area contributed by atoms with E-state index in [0.29, 0.717) is 22.5 Å². The number of para-hydroxylation sites is 1. The molecular formula is C24H16ClN3O5. The van der Waals surface area contributed by atoms with Crippen molar-refractivity contribution < 1.29 is 18.9 Å². The third-order valence-corrected chi connectivity index (χ3v) is 4.97. The molecule has 0 spiro atoms. The molecule has 4 aromatic rings. The first-order valence-corrected chi connectivity index (χ1v) is 10.1. The van der Waals surface area contributed by atoms with Crippen molar-refractivity contribution in [3.05, 3.63) is 105 Å². The Morgan fingerprint density at radius 2 is 1.64 bits per heavy atom. The summed E-state index contributed by atoms with van der Waals surface area (Å²) in [5.41, 5.74) is 1.89. The molecule has 9 heteroatoms. The van der Waals surface area contributed by atoms with E-state index in [2.05, 4.69) is 10.6 Å². The molecule has 1 heterocycles. The number of nitrogens with one attached hydrogen (secondary N) is 2. The fourth-order valence-corrected chi connectivity index (χ4v) is 3.24. The first kappa shape index (κ1) is 21.8. The number of benzene rings is 3. The molecule has 0 fully saturated rings. The Bertz CT molecular complexity index is 1360. The van der Waals surface area contributed by atoms with Gasteiger partial charge in [-0.1, -0.05) is 35.9 Å².